The van der Waals surface area contributed by atoms with E-state index >= 15 is 0 Å². The van der Waals surface area contributed by atoms with Crippen molar-refractivity contribution < 1.29 is 14.7 Å². The van der Waals surface area contributed by atoms with Gasteiger partial charge in [-0.15, -0.1) is 0 Å². The summed E-state index contributed by atoms with van der Waals surface area (Å²) < 4.78 is 0. The van der Waals surface area contributed by atoms with E-state index in [-0.39, 0.29) is 17.6 Å². The average Bonchev–Trinajstić information content (AvgIpc) is 2.85. The van der Waals surface area contributed by atoms with E-state index in [1.807, 2.05) is 0 Å². The van der Waals surface area contributed by atoms with E-state index in [4.69, 9.17) is 0 Å². The summed E-state index contributed by atoms with van der Waals surface area (Å²) in [5.41, 5.74) is -1.73. The Hall–Kier alpha value is -0.900. The van der Waals surface area contributed by atoms with E-state index in [9.17, 15) is 14.7 Å². The van der Waals surface area contributed by atoms with Crippen LogP contribution in [0.2, 0.25) is 0 Å². The number of hydrogen-bond acceptors (Lipinski definition) is 3. The Kier molecular flexibility index (Phi) is 23.8. The molecule has 4 nitrogen and oxygen atoms in total. The fourth-order valence-corrected chi connectivity index (χ4v) is 4.90. The van der Waals surface area contributed by atoms with Crippen molar-refractivity contribution >= 4 is 11.7 Å². The molecular formula is C32H63NO3. The molecule has 0 aliphatic carbocycles. The summed E-state index contributed by atoms with van der Waals surface area (Å²) >= 11 is 0. The maximum Gasteiger partial charge on any atom is 0.222 e. The Morgan fingerprint density at radius 1 is 0.556 bits per heavy atom. The normalized spacial score (nSPS) is 13.2. The van der Waals surface area contributed by atoms with Crippen LogP contribution in [-0.2, 0) is 9.59 Å². The fourth-order valence-electron chi connectivity index (χ4n) is 4.90. The molecule has 0 aliphatic heterocycles. The van der Waals surface area contributed by atoms with Crippen molar-refractivity contribution in [1.82, 2.24) is 5.32 Å². The lowest BCUT2D eigenvalue weighted by Crippen LogP contribution is -2.58. The van der Waals surface area contributed by atoms with Gasteiger partial charge in [0.2, 0.25) is 5.91 Å². The minimum atomic E-state index is -1.73. The van der Waals surface area contributed by atoms with Crippen LogP contribution in [0.3, 0.4) is 0 Å². The Labute approximate surface area is 225 Å². The molecule has 0 spiro atoms. The molecule has 0 aromatic heterocycles. The van der Waals surface area contributed by atoms with E-state index in [0.29, 0.717) is 12.8 Å². The van der Waals surface area contributed by atoms with E-state index < -0.39 is 5.72 Å². The van der Waals surface area contributed by atoms with Crippen LogP contribution in [0.1, 0.15) is 182 Å². The van der Waals surface area contributed by atoms with Gasteiger partial charge < -0.3 is 10.4 Å². The summed E-state index contributed by atoms with van der Waals surface area (Å²) in [5.74, 6) is -0.769. The molecule has 1 unspecified atom stereocenters. The Bertz CT molecular complexity index is 520. The molecular weight excluding hydrogens is 446 g/mol. The van der Waals surface area contributed by atoms with Crippen LogP contribution in [0.4, 0.5) is 0 Å². The molecule has 0 aromatic rings. The van der Waals surface area contributed by atoms with Crippen molar-refractivity contribution in [3.05, 3.63) is 0 Å². The highest BCUT2D eigenvalue weighted by Crippen LogP contribution is 2.20. The maximum atomic E-state index is 12.8. The smallest absolute Gasteiger partial charge is 0.222 e. The van der Waals surface area contributed by atoms with Gasteiger partial charge in [-0.2, -0.15) is 0 Å². The van der Waals surface area contributed by atoms with Crippen molar-refractivity contribution in [3.63, 3.8) is 0 Å². The first-order valence-electron chi connectivity index (χ1n) is 15.9. The summed E-state index contributed by atoms with van der Waals surface area (Å²) in [7, 11) is 0. The van der Waals surface area contributed by atoms with Gasteiger partial charge in [-0.3, -0.25) is 9.59 Å². The molecule has 214 valence electrons. The molecule has 36 heavy (non-hydrogen) atoms. The van der Waals surface area contributed by atoms with Crippen molar-refractivity contribution in [2.24, 2.45) is 5.92 Å². The van der Waals surface area contributed by atoms with E-state index in [0.717, 1.165) is 38.5 Å². The maximum absolute atomic E-state index is 12.8. The molecule has 1 atom stereocenters. The number of carbonyl (C=O) groups is 2. The molecule has 0 heterocycles. The Balaban J connectivity index is 3.93. The van der Waals surface area contributed by atoms with Crippen molar-refractivity contribution in [3.8, 4) is 0 Å². The summed E-state index contributed by atoms with van der Waals surface area (Å²) in [6.45, 7) is 8.12. The summed E-state index contributed by atoms with van der Waals surface area (Å²) in [5, 5.41) is 13.7. The van der Waals surface area contributed by atoms with Gasteiger partial charge in [-0.1, -0.05) is 156 Å². The Morgan fingerprint density at radius 3 is 1.19 bits per heavy atom. The topological polar surface area (TPSA) is 66.4 Å². The lowest BCUT2D eigenvalue weighted by molar-refractivity contribution is -0.153. The second-order valence-corrected chi connectivity index (χ2v) is 11.5. The minimum absolute atomic E-state index is 0.200. The van der Waals surface area contributed by atoms with Gasteiger partial charge in [-0.05, 0) is 12.8 Å². The highest BCUT2D eigenvalue weighted by molar-refractivity contribution is 5.91. The predicted molar refractivity (Wildman–Crippen MR) is 155 cm³/mol. The van der Waals surface area contributed by atoms with Gasteiger partial charge in [-0.25, -0.2) is 0 Å². The molecule has 0 fully saturated rings. The monoisotopic (exact) mass is 509 g/mol. The SMILES string of the molecule is CCCCCCCCCCCCCC(=O)NC(O)(C(=O)CCCCCCCCCCCCC)C(C)C. The largest absolute Gasteiger partial charge is 0.364 e. The molecule has 2 N–H and O–H groups in total. The second kappa shape index (κ2) is 24.4. The second-order valence-electron chi connectivity index (χ2n) is 11.5. The zero-order valence-corrected chi connectivity index (χ0v) is 24.8. The van der Waals surface area contributed by atoms with Crippen LogP contribution in [0.5, 0.6) is 0 Å². The molecule has 4 heteroatoms. The van der Waals surface area contributed by atoms with Crippen molar-refractivity contribution in [2.75, 3.05) is 0 Å². The molecule has 0 rings (SSSR count). The van der Waals surface area contributed by atoms with Crippen LogP contribution in [0.15, 0.2) is 0 Å². The highest BCUT2D eigenvalue weighted by Gasteiger charge is 2.39. The van der Waals surface area contributed by atoms with Crippen LogP contribution < -0.4 is 5.32 Å². The molecule has 0 radical (unpaired) electrons. The number of unbranched alkanes of at least 4 members (excludes halogenated alkanes) is 20. The van der Waals surface area contributed by atoms with Gasteiger partial charge >= 0.3 is 0 Å². The number of ketones is 1. The van der Waals surface area contributed by atoms with E-state index in [1.165, 1.54) is 103 Å². The first-order valence-corrected chi connectivity index (χ1v) is 15.9. The molecule has 0 bridgehead atoms. The summed E-state index contributed by atoms with van der Waals surface area (Å²) in [4.78, 5) is 25.3. The lowest BCUT2D eigenvalue weighted by atomic mass is 9.91. The number of carbonyl (C=O) groups excluding carboxylic acids is 2. The molecule has 0 saturated heterocycles. The number of hydrogen-bond donors (Lipinski definition) is 2. The van der Waals surface area contributed by atoms with E-state index in [2.05, 4.69) is 19.2 Å². The fraction of sp³-hybridized carbons (Fsp3) is 0.938. The van der Waals surface area contributed by atoms with Gasteiger partial charge in [0.15, 0.2) is 11.5 Å². The molecule has 1 amide bonds. The number of amides is 1. The van der Waals surface area contributed by atoms with Gasteiger partial charge in [0, 0.05) is 18.8 Å². The lowest BCUT2D eigenvalue weighted by Gasteiger charge is -2.31. The van der Waals surface area contributed by atoms with Crippen LogP contribution in [-0.4, -0.2) is 22.5 Å². The zero-order valence-electron chi connectivity index (χ0n) is 24.8. The predicted octanol–water partition coefficient (Wildman–Crippen LogP) is 9.42. The van der Waals surface area contributed by atoms with Gasteiger partial charge in [0.25, 0.3) is 0 Å². The minimum Gasteiger partial charge on any atom is -0.364 e. The first-order chi connectivity index (χ1) is 17.4. The quantitative estimate of drug-likeness (QED) is 0.0855. The third-order valence-electron chi connectivity index (χ3n) is 7.61. The number of rotatable bonds is 27. The summed E-state index contributed by atoms with van der Waals surface area (Å²) in [6.07, 6.45) is 27.9. The third-order valence-corrected chi connectivity index (χ3v) is 7.61. The molecule has 0 saturated carbocycles. The summed E-state index contributed by atoms with van der Waals surface area (Å²) in [6, 6.07) is 0. The van der Waals surface area contributed by atoms with Crippen molar-refractivity contribution in [1.29, 1.82) is 0 Å². The van der Waals surface area contributed by atoms with Crippen LogP contribution in [0, 0.1) is 5.92 Å². The van der Waals surface area contributed by atoms with Crippen molar-refractivity contribution in [2.45, 2.75) is 188 Å². The van der Waals surface area contributed by atoms with Crippen LogP contribution in [0.25, 0.3) is 0 Å². The van der Waals surface area contributed by atoms with Gasteiger partial charge in [0.05, 0.1) is 0 Å². The number of Topliss-reactive ketones (excluding diaryl/α,β-unsaturated/α-hetero) is 1. The average molecular weight is 510 g/mol. The van der Waals surface area contributed by atoms with Gasteiger partial charge in [0.1, 0.15) is 0 Å². The standard InChI is InChI=1S/C32H63NO3/c1-5-7-9-11-13-15-17-19-21-23-25-27-30(34)32(36,29(3)4)33-31(35)28-26-24-22-20-18-16-14-12-10-8-6-2/h29,36H,5-28H2,1-4H3,(H,33,35). The Morgan fingerprint density at radius 2 is 0.861 bits per heavy atom. The third kappa shape index (κ3) is 19.2. The number of aliphatic hydroxyl groups is 1. The first kappa shape index (κ1) is 35.1. The van der Waals surface area contributed by atoms with Crippen LogP contribution >= 0.6 is 0 Å². The zero-order chi connectivity index (χ0) is 26.9. The highest BCUT2D eigenvalue weighted by atomic mass is 16.3. The van der Waals surface area contributed by atoms with E-state index in [1.54, 1.807) is 13.8 Å². The molecule has 0 aliphatic rings. The number of nitrogens with one attached hydrogen (secondary N) is 1. The molecule has 0 aromatic carbocycles.